The van der Waals surface area contributed by atoms with Gasteiger partial charge in [0.15, 0.2) is 0 Å². The minimum Gasteiger partial charge on any atom is -0.481 e. The first-order chi connectivity index (χ1) is 16.8. The lowest BCUT2D eigenvalue weighted by atomic mass is 9.82. The van der Waals surface area contributed by atoms with Crippen molar-refractivity contribution in [3.05, 3.63) is 59.7 Å². The van der Waals surface area contributed by atoms with E-state index in [0.717, 1.165) is 22.3 Å². The van der Waals surface area contributed by atoms with Gasteiger partial charge in [0.1, 0.15) is 12.6 Å². The number of hydrogen-bond acceptors (Lipinski definition) is 5. The zero-order valence-electron chi connectivity index (χ0n) is 20.2. The molecule has 2 aromatic carbocycles. The fraction of sp³-hybridized carbons (Fsp3) is 0.444. The summed E-state index contributed by atoms with van der Waals surface area (Å²) in [6, 6.07) is 15.5. The van der Waals surface area contributed by atoms with E-state index in [2.05, 4.69) is 29.6 Å². The Bertz CT molecular complexity index is 1060. The molecule has 1 unspecified atom stereocenters. The third kappa shape index (κ3) is 5.32. The number of nitrogens with zero attached hydrogens (tertiary/aromatic N) is 1. The number of nitrogens with one attached hydrogen (secondary N) is 1. The Morgan fingerprint density at radius 3 is 2.37 bits per heavy atom. The number of ether oxygens (including phenoxy) is 1. The van der Waals surface area contributed by atoms with Crippen molar-refractivity contribution < 1.29 is 24.2 Å². The van der Waals surface area contributed by atoms with Gasteiger partial charge >= 0.3 is 12.1 Å². The SMILES string of the molecule is CSCC[C@@H](NC(=O)OCC1c2ccccc2-c2ccccc21)C(=O)N1CCCC(C)(C(=O)O)C1. The molecule has 2 amide bonds. The third-order valence-electron chi connectivity index (χ3n) is 7.07. The van der Waals surface area contributed by atoms with Crippen LogP contribution in [-0.2, 0) is 14.3 Å². The lowest BCUT2D eigenvalue weighted by Gasteiger charge is -2.39. The van der Waals surface area contributed by atoms with Gasteiger partial charge in [0.2, 0.25) is 5.91 Å². The molecule has 1 saturated heterocycles. The largest absolute Gasteiger partial charge is 0.481 e. The summed E-state index contributed by atoms with van der Waals surface area (Å²) in [5.74, 6) is -0.531. The summed E-state index contributed by atoms with van der Waals surface area (Å²) in [5, 5.41) is 12.4. The quantitative estimate of drug-likeness (QED) is 0.564. The number of carbonyl (C=O) groups is 3. The molecule has 0 bridgehead atoms. The van der Waals surface area contributed by atoms with Crippen LogP contribution >= 0.6 is 11.8 Å². The summed E-state index contributed by atoms with van der Waals surface area (Å²) in [5.41, 5.74) is 3.57. The first-order valence-corrected chi connectivity index (χ1v) is 13.4. The molecule has 2 N–H and O–H groups in total. The molecule has 1 aliphatic carbocycles. The maximum absolute atomic E-state index is 13.3. The van der Waals surface area contributed by atoms with Crippen LogP contribution in [-0.4, -0.2) is 65.7 Å². The smallest absolute Gasteiger partial charge is 0.407 e. The number of amides is 2. The van der Waals surface area contributed by atoms with Crippen molar-refractivity contribution in [3.8, 4) is 11.1 Å². The number of rotatable bonds is 8. The number of piperidine rings is 1. The van der Waals surface area contributed by atoms with Crippen LogP contribution in [0, 0.1) is 5.41 Å². The number of fused-ring (bicyclic) bond motifs is 3. The molecule has 7 nitrogen and oxygen atoms in total. The van der Waals surface area contributed by atoms with Gasteiger partial charge in [0.25, 0.3) is 0 Å². The standard InChI is InChI=1S/C27H32N2O5S/c1-27(25(31)32)13-7-14-29(17-27)24(30)23(12-15-35-2)28-26(33)34-16-22-20-10-5-3-8-18(20)19-9-4-6-11-21(19)22/h3-6,8-11,22-23H,7,12-17H2,1-2H3,(H,28,33)(H,31,32)/t23-,27?/m1/s1. The van der Waals surface area contributed by atoms with Gasteiger partial charge in [-0.2, -0.15) is 11.8 Å². The number of likely N-dealkylation sites (tertiary alicyclic amines) is 1. The zero-order chi connectivity index (χ0) is 25.0. The molecule has 0 spiro atoms. The topological polar surface area (TPSA) is 95.9 Å². The van der Waals surface area contributed by atoms with E-state index in [1.807, 2.05) is 30.5 Å². The van der Waals surface area contributed by atoms with Gasteiger partial charge in [-0.3, -0.25) is 9.59 Å². The van der Waals surface area contributed by atoms with Crippen LogP contribution in [0.3, 0.4) is 0 Å². The molecule has 8 heteroatoms. The fourth-order valence-electron chi connectivity index (χ4n) is 5.10. The predicted molar refractivity (Wildman–Crippen MR) is 137 cm³/mol. The van der Waals surface area contributed by atoms with E-state index in [1.54, 1.807) is 23.6 Å². The Labute approximate surface area is 210 Å². The Kier molecular flexibility index (Phi) is 7.69. The highest BCUT2D eigenvalue weighted by molar-refractivity contribution is 7.98. The van der Waals surface area contributed by atoms with Gasteiger partial charge in [-0.25, -0.2) is 4.79 Å². The molecule has 0 aromatic heterocycles. The Balaban J connectivity index is 1.42. The summed E-state index contributed by atoms with van der Waals surface area (Å²) in [6.45, 7) is 2.47. The van der Waals surface area contributed by atoms with Crippen molar-refractivity contribution in [1.29, 1.82) is 0 Å². The molecule has 0 radical (unpaired) electrons. The number of aliphatic carboxylic acids is 1. The molecule has 0 saturated carbocycles. The van der Waals surface area contributed by atoms with E-state index in [0.29, 0.717) is 31.6 Å². The molecule has 1 fully saturated rings. The van der Waals surface area contributed by atoms with Crippen LogP contribution < -0.4 is 5.32 Å². The van der Waals surface area contributed by atoms with E-state index in [-0.39, 0.29) is 25.0 Å². The molecule has 1 heterocycles. The number of benzene rings is 2. The van der Waals surface area contributed by atoms with E-state index in [4.69, 9.17) is 4.74 Å². The van der Waals surface area contributed by atoms with E-state index < -0.39 is 23.5 Å². The second-order valence-electron chi connectivity index (χ2n) is 9.53. The summed E-state index contributed by atoms with van der Waals surface area (Å²) in [6.07, 6.45) is 2.90. The predicted octanol–water partition coefficient (Wildman–Crippen LogP) is 4.36. The van der Waals surface area contributed by atoms with E-state index >= 15 is 0 Å². The average Bonchev–Trinajstić information content (AvgIpc) is 3.18. The molecule has 4 rings (SSSR count). The van der Waals surface area contributed by atoms with Crippen molar-refractivity contribution in [3.63, 3.8) is 0 Å². The number of thioether (sulfide) groups is 1. The normalized spacial score (nSPS) is 20.0. The highest BCUT2D eigenvalue weighted by Gasteiger charge is 2.41. The van der Waals surface area contributed by atoms with Gasteiger partial charge in [0.05, 0.1) is 5.41 Å². The van der Waals surface area contributed by atoms with Crippen molar-refractivity contribution in [2.75, 3.05) is 31.7 Å². The van der Waals surface area contributed by atoms with Crippen LogP contribution in [0.2, 0.25) is 0 Å². The highest BCUT2D eigenvalue weighted by atomic mass is 32.2. The maximum atomic E-state index is 13.3. The number of carboxylic acids is 1. The maximum Gasteiger partial charge on any atom is 0.407 e. The minimum absolute atomic E-state index is 0.0631. The Morgan fingerprint density at radius 1 is 1.14 bits per heavy atom. The van der Waals surface area contributed by atoms with Crippen molar-refractivity contribution >= 4 is 29.7 Å². The summed E-state index contributed by atoms with van der Waals surface area (Å²) in [4.78, 5) is 39.4. The van der Waals surface area contributed by atoms with Crippen LogP contribution in [0.1, 0.15) is 43.2 Å². The number of carbonyl (C=O) groups excluding carboxylic acids is 2. The minimum atomic E-state index is -0.971. The molecule has 186 valence electrons. The van der Waals surface area contributed by atoms with Crippen LogP contribution in [0.5, 0.6) is 0 Å². The first-order valence-electron chi connectivity index (χ1n) is 12.0. The Morgan fingerprint density at radius 2 is 1.77 bits per heavy atom. The number of carboxylic acid groups (broad SMARTS) is 1. The monoisotopic (exact) mass is 496 g/mol. The summed E-state index contributed by atoms with van der Waals surface area (Å²) >= 11 is 1.59. The van der Waals surface area contributed by atoms with Gasteiger partial charge in [-0.1, -0.05) is 48.5 Å². The Hall–Kier alpha value is -3.00. The summed E-state index contributed by atoms with van der Waals surface area (Å²) in [7, 11) is 0. The molecule has 1 aliphatic heterocycles. The first kappa shape index (κ1) is 25.1. The zero-order valence-corrected chi connectivity index (χ0v) is 21.0. The second-order valence-corrected chi connectivity index (χ2v) is 10.5. The molecule has 2 aromatic rings. The lowest BCUT2D eigenvalue weighted by Crippen LogP contribution is -2.55. The summed E-state index contributed by atoms with van der Waals surface area (Å²) < 4.78 is 5.65. The van der Waals surface area contributed by atoms with E-state index in [1.165, 1.54) is 0 Å². The van der Waals surface area contributed by atoms with Gasteiger partial charge < -0.3 is 20.1 Å². The second kappa shape index (κ2) is 10.7. The lowest BCUT2D eigenvalue weighted by molar-refractivity contribution is -0.154. The third-order valence-corrected chi connectivity index (χ3v) is 7.71. The molecule has 35 heavy (non-hydrogen) atoms. The van der Waals surface area contributed by atoms with Crippen molar-refractivity contribution in [2.45, 2.75) is 38.1 Å². The number of alkyl carbamates (subject to hydrolysis) is 1. The van der Waals surface area contributed by atoms with Gasteiger partial charge in [-0.15, -0.1) is 0 Å². The fourth-order valence-corrected chi connectivity index (χ4v) is 5.57. The van der Waals surface area contributed by atoms with Gasteiger partial charge in [0, 0.05) is 19.0 Å². The molecular formula is C27H32N2O5S. The van der Waals surface area contributed by atoms with Crippen LogP contribution in [0.4, 0.5) is 4.79 Å². The molecular weight excluding hydrogens is 464 g/mol. The van der Waals surface area contributed by atoms with Crippen molar-refractivity contribution in [1.82, 2.24) is 10.2 Å². The van der Waals surface area contributed by atoms with Crippen molar-refractivity contribution in [2.24, 2.45) is 5.41 Å². The number of hydrogen-bond donors (Lipinski definition) is 2. The van der Waals surface area contributed by atoms with E-state index in [9.17, 15) is 19.5 Å². The molecule has 2 atom stereocenters. The molecule has 2 aliphatic rings. The average molecular weight is 497 g/mol. The van der Waals surface area contributed by atoms with Crippen LogP contribution in [0.15, 0.2) is 48.5 Å². The van der Waals surface area contributed by atoms with Crippen LogP contribution in [0.25, 0.3) is 11.1 Å². The highest BCUT2D eigenvalue weighted by Crippen LogP contribution is 2.44. The van der Waals surface area contributed by atoms with Gasteiger partial charge in [-0.05, 0) is 60.4 Å².